The highest BCUT2D eigenvalue weighted by Gasteiger charge is 2.42. The second-order valence-corrected chi connectivity index (χ2v) is 3.91. The summed E-state index contributed by atoms with van der Waals surface area (Å²) in [5.74, 6) is 0.580. The van der Waals surface area contributed by atoms with Crippen LogP contribution in [0, 0.1) is 0 Å². The monoisotopic (exact) mass is 247 g/mol. The maximum absolute atomic E-state index is 12.8. The highest BCUT2D eigenvalue weighted by molar-refractivity contribution is 5.29. The van der Waals surface area contributed by atoms with Crippen LogP contribution < -0.4 is 4.74 Å². The Hall–Kier alpha value is -1.23. The Morgan fingerprint density at radius 1 is 1.18 bits per heavy atom. The van der Waals surface area contributed by atoms with Crippen LogP contribution in [0.4, 0.5) is 13.2 Å². The quantitative estimate of drug-likeness (QED) is 0.809. The van der Waals surface area contributed by atoms with E-state index in [1.165, 1.54) is 26.2 Å². The molecule has 0 saturated heterocycles. The van der Waals surface area contributed by atoms with Crippen molar-refractivity contribution in [1.82, 2.24) is 4.90 Å². The van der Waals surface area contributed by atoms with Gasteiger partial charge in [0.15, 0.2) is 0 Å². The Bertz CT molecular complexity index is 346. The van der Waals surface area contributed by atoms with E-state index in [4.69, 9.17) is 4.74 Å². The number of benzene rings is 1. The van der Waals surface area contributed by atoms with Crippen LogP contribution in [0.15, 0.2) is 24.3 Å². The normalized spacial score (nSPS) is 13.8. The van der Waals surface area contributed by atoms with Gasteiger partial charge in [-0.05, 0) is 38.7 Å². The minimum absolute atomic E-state index is 0.214. The molecule has 0 aliphatic rings. The Morgan fingerprint density at radius 2 is 1.71 bits per heavy atom. The van der Waals surface area contributed by atoms with E-state index < -0.39 is 12.2 Å². The van der Waals surface area contributed by atoms with Crippen LogP contribution in [0.3, 0.4) is 0 Å². The molecule has 2 nitrogen and oxygen atoms in total. The van der Waals surface area contributed by atoms with Crippen molar-refractivity contribution in [3.63, 3.8) is 0 Å². The SMILES string of the molecule is CCOc1ccc(C(N(C)C)C(F)(F)F)cc1. The van der Waals surface area contributed by atoms with Gasteiger partial charge in [0.25, 0.3) is 0 Å². The van der Waals surface area contributed by atoms with Gasteiger partial charge < -0.3 is 4.74 Å². The van der Waals surface area contributed by atoms with E-state index in [0.717, 1.165) is 4.90 Å². The van der Waals surface area contributed by atoms with Gasteiger partial charge in [-0.15, -0.1) is 0 Å². The molecule has 0 heterocycles. The summed E-state index contributed by atoms with van der Waals surface area (Å²) in [5, 5.41) is 0. The van der Waals surface area contributed by atoms with Crippen molar-refractivity contribution in [2.24, 2.45) is 0 Å². The lowest BCUT2D eigenvalue weighted by molar-refractivity contribution is -0.179. The number of hydrogen-bond acceptors (Lipinski definition) is 2. The molecule has 0 bridgehead atoms. The summed E-state index contributed by atoms with van der Waals surface area (Å²) in [4.78, 5) is 1.15. The second kappa shape index (κ2) is 5.40. The van der Waals surface area contributed by atoms with Crippen molar-refractivity contribution in [2.45, 2.75) is 19.1 Å². The fraction of sp³-hybridized carbons (Fsp3) is 0.500. The summed E-state index contributed by atoms with van der Waals surface area (Å²) >= 11 is 0. The molecule has 1 rings (SSSR count). The van der Waals surface area contributed by atoms with Crippen molar-refractivity contribution in [1.29, 1.82) is 0 Å². The minimum atomic E-state index is -4.28. The van der Waals surface area contributed by atoms with Gasteiger partial charge in [0, 0.05) is 0 Å². The average Bonchev–Trinajstić information content (AvgIpc) is 2.18. The predicted molar refractivity (Wildman–Crippen MR) is 60.1 cm³/mol. The topological polar surface area (TPSA) is 12.5 Å². The van der Waals surface area contributed by atoms with E-state index in [2.05, 4.69) is 0 Å². The van der Waals surface area contributed by atoms with Gasteiger partial charge >= 0.3 is 6.18 Å². The molecule has 0 amide bonds. The van der Waals surface area contributed by atoms with Crippen LogP contribution in [0.5, 0.6) is 5.75 Å². The Labute approximate surface area is 99.0 Å². The van der Waals surface area contributed by atoms with Gasteiger partial charge in [-0.2, -0.15) is 13.2 Å². The summed E-state index contributed by atoms with van der Waals surface area (Å²) in [6.07, 6.45) is -4.28. The molecule has 0 saturated carbocycles. The van der Waals surface area contributed by atoms with E-state index in [1.807, 2.05) is 6.92 Å². The van der Waals surface area contributed by atoms with E-state index in [9.17, 15) is 13.2 Å². The molecule has 0 aliphatic heterocycles. The zero-order valence-corrected chi connectivity index (χ0v) is 10.1. The van der Waals surface area contributed by atoms with E-state index >= 15 is 0 Å². The molecule has 0 spiro atoms. The van der Waals surface area contributed by atoms with Crippen molar-refractivity contribution < 1.29 is 17.9 Å². The summed E-state index contributed by atoms with van der Waals surface area (Å²) < 4.78 is 43.7. The summed E-state index contributed by atoms with van der Waals surface area (Å²) in [5.41, 5.74) is 0.214. The Kier molecular flexibility index (Phi) is 4.40. The number of rotatable bonds is 4. The zero-order valence-electron chi connectivity index (χ0n) is 10.1. The predicted octanol–water partition coefficient (Wildman–Crippen LogP) is 3.25. The zero-order chi connectivity index (χ0) is 13.1. The van der Waals surface area contributed by atoms with Crippen molar-refractivity contribution >= 4 is 0 Å². The maximum atomic E-state index is 12.8. The number of alkyl halides is 3. The first kappa shape index (κ1) is 13.8. The third-order valence-corrected chi connectivity index (χ3v) is 2.33. The lowest BCUT2D eigenvalue weighted by atomic mass is 10.1. The smallest absolute Gasteiger partial charge is 0.408 e. The van der Waals surface area contributed by atoms with Gasteiger partial charge in [0.2, 0.25) is 0 Å². The standard InChI is InChI=1S/C12H16F3NO/c1-4-17-10-7-5-9(6-8-10)11(16(2)3)12(13,14)15/h5-8,11H,4H2,1-3H3. The first-order valence-electron chi connectivity index (χ1n) is 5.32. The van der Waals surface area contributed by atoms with Crippen molar-refractivity contribution in [2.75, 3.05) is 20.7 Å². The third kappa shape index (κ3) is 3.63. The van der Waals surface area contributed by atoms with E-state index in [1.54, 1.807) is 12.1 Å². The highest BCUT2D eigenvalue weighted by Crippen LogP contribution is 2.36. The molecule has 17 heavy (non-hydrogen) atoms. The summed E-state index contributed by atoms with van der Waals surface area (Å²) in [7, 11) is 2.82. The molecule has 0 radical (unpaired) electrons. The van der Waals surface area contributed by atoms with Crippen LogP contribution in [0.1, 0.15) is 18.5 Å². The fourth-order valence-corrected chi connectivity index (χ4v) is 1.69. The number of ether oxygens (including phenoxy) is 1. The third-order valence-electron chi connectivity index (χ3n) is 2.33. The molecule has 5 heteroatoms. The minimum Gasteiger partial charge on any atom is -0.494 e. The van der Waals surface area contributed by atoms with Crippen LogP contribution in [0.2, 0.25) is 0 Å². The van der Waals surface area contributed by atoms with Crippen LogP contribution >= 0.6 is 0 Å². The summed E-state index contributed by atoms with van der Waals surface area (Å²) in [6, 6.07) is 4.42. The average molecular weight is 247 g/mol. The van der Waals surface area contributed by atoms with Gasteiger partial charge in [-0.3, -0.25) is 4.90 Å². The Morgan fingerprint density at radius 3 is 2.06 bits per heavy atom. The lowest BCUT2D eigenvalue weighted by Gasteiger charge is -2.27. The first-order chi connectivity index (χ1) is 7.86. The Balaban J connectivity index is 2.96. The molecule has 0 aromatic heterocycles. The summed E-state index contributed by atoms with van der Waals surface area (Å²) in [6.45, 7) is 2.32. The van der Waals surface area contributed by atoms with Crippen LogP contribution in [-0.4, -0.2) is 31.8 Å². The second-order valence-electron chi connectivity index (χ2n) is 3.91. The van der Waals surface area contributed by atoms with Crippen LogP contribution in [-0.2, 0) is 0 Å². The molecular weight excluding hydrogens is 231 g/mol. The number of hydrogen-bond donors (Lipinski definition) is 0. The first-order valence-corrected chi connectivity index (χ1v) is 5.32. The van der Waals surface area contributed by atoms with Crippen molar-refractivity contribution in [3.8, 4) is 5.75 Å². The van der Waals surface area contributed by atoms with Gasteiger partial charge in [-0.25, -0.2) is 0 Å². The molecule has 1 aromatic carbocycles. The molecule has 96 valence electrons. The maximum Gasteiger partial charge on any atom is 0.408 e. The van der Waals surface area contributed by atoms with Gasteiger partial charge in [0.1, 0.15) is 11.8 Å². The van der Waals surface area contributed by atoms with Crippen molar-refractivity contribution in [3.05, 3.63) is 29.8 Å². The van der Waals surface area contributed by atoms with Gasteiger partial charge in [0.05, 0.1) is 6.61 Å². The number of nitrogens with zero attached hydrogens (tertiary/aromatic N) is 1. The molecule has 0 fully saturated rings. The molecule has 1 aromatic rings. The molecule has 0 aliphatic carbocycles. The lowest BCUT2D eigenvalue weighted by Crippen LogP contribution is -2.33. The van der Waals surface area contributed by atoms with Gasteiger partial charge in [-0.1, -0.05) is 12.1 Å². The van der Waals surface area contributed by atoms with E-state index in [-0.39, 0.29) is 5.56 Å². The van der Waals surface area contributed by atoms with Crippen LogP contribution in [0.25, 0.3) is 0 Å². The highest BCUT2D eigenvalue weighted by atomic mass is 19.4. The molecule has 1 unspecified atom stereocenters. The molecule has 1 atom stereocenters. The fourth-order valence-electron chi connectivity index (χ4n) is 1.69. The molecular formula is C12H16F3NO. The molecule has 0 N–H and O–H groups in total. The van der Waals surface area contributed by atoms with E-state index in [0.29, 0.717) is 12.4 Å². The number of halogens is 3. The largest absolute Gasteiger partial charge is 0.494 e.